The van der Waals surface area contributed by atoms with Crippen molar-refractivity contribution < 1.29 is 21.6 Å². The number of piperidine rings is 1. The molecule has 0 amide bonds. The largest absolute Gasteiger partial charge is 0.511 e. The third-order valence-electron chi connectivity index (χ3n) is 5.38. The molecule has 12 heteroatoms. The Kier molecular flexibility index (Phi) is 13.8. The van der Waals surface area contributed by atoms with Crippen molar-refractivity contribution in [3.63, 3.8) is 0 Å². The van der Waals surface area contributed by atoms with E-state index in [1.807, 2.05) is 0 Å². The van der Waals surface area contributed by atoms with Crippen molar-refractivity contribution in [2.24, 2.45) is 10.9 Å². The minimum atomic E-state index is -5.23. The highest BCUT2D eigenvalue weighted by molar-refractivity contribution is 14.0. The highest BCUT2D eigenvalue weighted by atomic mass is 127. The highest BCUT2D eigenvalue weighted by Crippen LogP contribution is 2.30. The molecular formula is C18H37F3IN5O2S. The SMILES string of the molecule is CCN(CC)CCCC(C)NC(=NC)NCC1CCN(S(=O)(=O)C(F)(F)F)CC1.I. The Morgan fingerprint density at radius 2 is 1.80 bits per heavy atom. The average Bonchev–Trinajstić information content (AvgIpc) is 2.68. The number of guanidine groups is 1. The fraction of sp³-hybridized carbons (Fsp3) is 0.944. The van der Waals surface area contributed by atoms with Gasteiger partial charge in [-0.25, -0.2) is 8.42 Å². The predicted octanol–water partition coefficient (Wildman–Crippen LogP) is 2.84. The molecule has 0 aromatic heterocycles. The van der Waals surface area contributed by atoms with Crippen LogP contribution in [0.25, 0.3) is 0 Å². The molecule has 0 spiro atoms. The van der Waals surface area contributed by atoms with Gasteiger partial charge in [0.25, 0.3) is 0 Å². The van der Waals surface area contributed by atoms with Crippen molar-refractivity contribution >= 4 is 40.0 Å². The van der Waals surface area contributed by atoms with Crippen molar-refractivity contribution in [1.29, 1.82) is 0 Å². The van der Waals surface area contributed by atoms with Crippen molar-refractivity contribution in [1.82, 2.24) is 19.8 Å². The molecule has 1 heterocycles. The zero-order valence-electron chi connectivity index (χ0n) is 18.3. The maximum absolute atomic E-state index is 12.6. The zero-order chi connectivity index (χ0) is 22.1. The van der Waals surface area contributed by atoms with Crippen molar-refractivity contribution in [3.8, 4) is 0 Å². The van der Waals surface area contributed by atoms with Crippen molar-refractivity contribution in [2.45, 2.75) is 58.0 Å². The summed E-state index contributed by atoms with van der Waals surface area (Å²) in [6, 6.07) is 0.246. The van der Waals surface area contributed by atoms with Gasteiger partial charge >= 0.3 is 15.5 Å². The van der Waals surface area contributed by atoms with E-state index in [9.17, 15) is 21.6 Å². The molecule has 1 unspecified atom stereocenters. The minimum Gasteiger partial charge on any atom is -0.356 e. The number of rotatable bonds is 10. The third-order valence-corrected chi connectivity index (χ3v) is 7.01. The summed E-state index contributed by atoms with van der Waals surface area (Å²) >= 11 is 0. The van der Waals surface area contributed by atoms with E-state index in [2.05, 4.69) is 41.3 Å². The molecule has 0 aromatic rings. The molecule has 180 valence electrons. The fourth-order valence-corrected chi connectivity index (χ4v) is 4.39. The van der Waals surface area contributed by atoms with Crippen LogP contribution in [0.4, 0.5) is 13.2 Å². The second-order valence-electron chi connectivity index (χ2n) is 7.46. The number of alkyl halides is 3. The summed E-state index contributed by atoms with van der Waals surface area (Å²) in [7, 11) is -3.54. The van der Waals surface area contributed by atoms with E-state index in [4.69, 9.17) is 0 Å². The molecular weight excluding hydrogens is 534 g/mol. The molecule has 1 aliphatic heterocycles. The van der Waals surface area contributed by atoms with Crippen LogP contribution in [-0.2, 0) is 10.0 Å². The van der Waals surface area contributed by atoms with Gasteiger partial charge in [0, 0.05) is 32.7 Å². The van der Waals surface area contributed by atoms with E-state index >= 15 is 0 Å². The molecule has 0 aliphatic carbocycles. The van der Waals surface area contributed by atoms with Gasteiger partial charge in [0.2, 0.25) is 0 Å². The van der Waals surface area contributed by atoms with E-state index in [0.29, 0.717) is 29.7 Å². The lowest BCUT2D eigenvalue weighted by molar-refractivity contribution is -0.0496. The van der Waals surface area contributed by atoms with E-state index in [1.165, 1.54) is 0 Å². The quantitative estimate of drug-likeness (QED) is 0.240. The molecule has 0 radical (unpaired) electrons. The van der Waals surface area contributed by atoms with Crippen LogP contribution in [0.5, 0.6) is 0 Å². The van der Waals surface area contributed by atoms with Gasteiger partial charge in [-0.2, -0.15) is 17.5 Å². The molecule has 1 saturated heterocycles. The van der Waals surface area contributed by atoms with Crippen LogP contribution in [-0.4, -0.2) is 81.4 Å². The normalized spacial score (nSPS) is 18.2. The van der Waals surface area contributed by atoms with Gasteiger partial charge in [0.15, 0.2) is 5.96 Å². The van der Waals surface area contributed by atoms with E-state index in [1.54, 1.807) is 7.05 Å². The zero-order valence-corrected chi connectivity index (χ0v) is 21.5. The monoisotopic (exact) mass is 571 g/mol. The van der Waals surface area contributed by atoms with E-state index in [-0.39, 0.29) is 49.0 Å². The van der Waals surface area contributed by atoms with Crippen molar-refractivity contribution in [3.05, 3.63) is 0 Å². The van der Waals surface area contributed by atoms with Crippen LogP contribution in [0.3, 0.4) is 0 Å². The summed E-state index contributed by atoms with van der Waals surface area (Å²) in [5.41, 5.74) is -5.23. The Hall–Kier alpha value is -0.340. The van der Waals surface area contributed by atoms with Gasteiger partial charge in [-0.1, -0.05) is 13.8 Å². The standard InChI is InChI=1S/C18H36F3N5O2S.HI/c1-5-25(6-2)11-7-8-15(3)24-17(22-4)23-14-16-9-12-26(13-10-16)29(27,28)18(19,20)21;/h15-16H,5-14H2,1-4H3,(H2,22,23,24);1H. The lowest BCUT2D eigenvalue weighted by Gasteiger charge is -2.32. The van der Waals surface area contributed by atoms with Crippen LogP contribution >= 0.6 is 24.0 Å². The van der Waals surface area contributed by atoms with E-state index in [0.717, 1.165) is 32.5 Å². The molecule has 1 atom stereocenters. The Labute approximate surface area is 196 Å². The summed E-state index contributed by atoms with van der Waals surface area (Å²) in [6.07, 6.45) is 2.86. The number of aliphatic imine (C=N–C) groups is 1. The first-order valence-corrected chi connectivity index (χ1v) is 11.7. The molecule has 0 bridgehead atoms. The number of halogens is 4. The summed E-state index contributed by atoms with van der Waals surface area (Å²) in [5.74, 6) is 0.761. The second-order valence-corrected chi connectivity index (χ2v) is 9.39. The first kappa shape index (κ1) is 29.7. The number of sulfonamides is 1. The lowest BCUT2D eigenvalue weighted by atomic mass is 9.98. The third kappa shape index (κ3) is 9.43. The molecule has 30 heavy (non-hydrogen) atoms. The van der Waals surface area contributed by atoms with E-state index < -0.39 is 15.5 Å². The number of hydrogen-bond donors (Lipinski definition) is 2. The smallest absolute Gasteiger partial charge is 0.356 e. The second kappa shape index (κ2) is 13.9. The Morgan fingerprint density at radius 3 is 2.27 bits per heavy atom. The molecule has 0 saturated carbocycles. The predicted molar refractivity (Wildman–Crippen MR) is 126 cm³/mol. The van der Waals surface area contributed by atoms with Crippen LogP contribution in [0.1, 0.15) is 46.5 Å². The molecule has 7 nitrogen and oxygen atoms in total. The van der Waals surface area contributed by atoms with Gasteiger partial charge in [0.05, 0.1) is 0 Å². The van der Waals surface area contributed by atoms with Crippen LogP contribution in [0.2, 0.25) is 0 Å². The van der Waals surface area contributed by atoms with Crippen LogP contribution in [0.15, 0.2) is 4.99 Å². The average molecular weight is 571 g/mol. The molecule has 0 aromatic carbocycles. The van der Waals surface area contributed by atoms with Gasteiger partial charge in [-0.05, 0) is 58.2 Å². The number of hydrogen-bond acceptors (Lipinski definition) is 4. The van der Waals surface area contributed by atoms with Crippen LogP contribution < -0.4 is 10.6 Å². The van der Waals surface area contributed by atoms with Crippen molar-refractivity contribution in [2.75, 3.05) is 46.3 Å². The first-order chi connectivity index (χ1) is 13.5. The van der Waals surface area contributed by atoms with Gasteiger partial charge in [-0.3, -0.25) is 4.99 Å². The number of nitrogens with zero attached hydrogens (tertiary/aromatic N) is 3. The molecule has 1 fully saturated rings. The van der Waals surface area contributed by atoms with Gasteiger partial charge < -0.3 is 15.5 Å². The lowest BCUT2D eigenvalue weighted by Crippen LogP contribution is -2.48. The maximum Gasteiger partial charge on any atom is 0.511 e. The topological polar surface area (TPSA) is 77.0 Å². The molecule has 1 aliphatic rings. The molecule has 1 rings (SSSR count). The van der Waals surface area contributed by atoms with Gasteiger partial charge in [-0.15, -0.1) is 24.0 Å². The number of nitrogens with one attached hydrogen (secondary N) is 2. The van der Waals surface area contributed by atoms with Crippen LogP contribution in [0, 0.1) is 5.92 Å². The summed E-state index contributed by atoms with van der Waals surface area (Å²) in [6.45, 7) is 9.88. The summed E-state index contributed by atoms with van der Waals surface area (Å²) in [4.78, 5) is 6.58. The first-order valence-electron chi connectivity index (χ1n) is 10.3. The molecule has 2 N–H and O–H groups in total. The Balaban J connectivity index is 0.00000841. The Bertz CT molecular complexity index is 607. The van der Waals surface area contributed by atoms with Gasteiger partial charge in [0.1, 0.15) is 0 Å². The highest BCUT2D eigenvalue weighted by Gasteiger charge is 2.50. The maximum atomic E-state index is 12.6. The summed E-state index contributed by atoms with van der Waals surface area (Å²) in [5, 5.41) is 6.55. The Morgan fingerprint density at radius 1 is 1.23 bits per heavy atom. The minimum absolute atomic E-state index is 0. The summed E-state index contributed by atoms with van der Waals surface area (Å²) < 4.78 is 61.4. The fourth-order valence-electron chi connectivity index (χ4n) is 3.40.